The van der Waals surface area contributed by atoms with Gasteiger partial charge in [0.25, 0.3) is 5.95 Å². The van der Waals surface area contributed by atoms with Crippen LogP contribution in [-0.2, 0) is 6.18 Å². The molecule has 0 N–H and O–H groups in total. The Balaban J connectivity index is 1.74. The van der Waals surface area contributed by atoms with Gasteiger partial charge in [-0.15, -0.1) is 0 Å². The molecule has 0 fully saturated rings. The van der Waals surface area contributed by atoms with Gasteiger partial charge in [-0.1, -0.05) is 56.1 Å². The number of alkyl halides is 3. The molecule has 5 aromatic rings. The van der Waals surface area contributed by atoms with Crippen molar-refractivity contribution in [3.63, 3.8) is 0 Å². The van der Waals surface area contributed by atoms with E-state index in [0.717, 1.165) is 32.7 Å². The van der Waals surface area contributed by atoms with Gasteiger partial charge in [-0.05, 0) is 60.7 Å². The minimum absolute atomic E-state index is 0.00484. The summed E-state index contributed by atoms with van der Waals surface area (Å²) in [4.78, 5) is 8.21. The van der Waals surface area contributed by atoms with Gasteiger partial charge in [0.05, 0.1) is 17.1 Å². The first-order chi connectivity index (χ1) is 17.2. The largest absolute Gasteiger partial charge is 0.433 e. The summed E-state index contributed by atoms with van der Waals surface area (Å²) in [5.41, 5.74) is 1.69. The first-order valence-corrected chi connectivity index (χ1v) is 12.1. The molecule has 10 heteroatoms. The third kappa shape index (κ3) is 5.10. The molecule has 0 radical (unpaired) electrons. The van der Waals surface area contributed by atoms with Gasteiger partial charge in [-0.3, -0.25) is 0 Å². The lowest BCUT2D eigenvalue weighted by Crippen LogP contribution is -2.14. The molecule has 4 nitrogen and oxygen atoms in total. The van der Waals surface area contributed by atoms with Gasteiger partial charge in [0, 0.05) is 25.6 Å². The van der Waals surface area contributed by atoms with E-state index >= 15 is 0 Å². The van der Waals surface area contributed by atoms with Gasteiger partial charge in [0.15, 0.2) is 5.69 Å². The lowest BCUT2D eigenvalue weighted by atomic mass is 10.1. The second-order valence-electron chi connectivity index (χ2n) is 7.78. The molecule has 0 aliphatic rings. The van der Waals surface area contributed by atoms with Crippen LogP contribution >= 0.6 is 31.9 Å². The van der Waals surface area contributed by atoms with E-state index in [1.807, 2.05) is 48.5 Å². The second kappa shape index (κ2) is 9.59. The van der Waals surface area contributed by atoms with Gasteiger partial charge >= 0.3 is 6.18 Å². The minimum atomic E-state index is -4.73. The van der Waals surface area contributed by atoms with Crippen LogP contribution in [0.3, 0.4) is 0 Å². The normalized spacial score (nSPS) is 11.6. The zero-order chi connectivity index (χ0) is 25.4. The van der Waals surface area contributed by atoms with Crippen molar-refractivity contribution in [3.05, 3.63) is 105 Å². The summed E-state index contributed by atoms with van der Waals surface area (Å²) in [7, 11) is 0. The van der Waals surface area contributed by atoms with E-state index in [1.165, 1.54) is 16.8 Å². The van der Waals surface area contributed by atoms with Gasteiger partial charge in [0.1, 0.15) is 5.82 Å². The zero-order valence-electron chi connectivity index (χ0n) is 18.1. The highest BCUT2D eigenvalue weighted by atomic mass is 79.9. The van der Waals surface area contributed by atoms with Crippen LogP contribution in [0.5, 0.6) is 0 Å². The maximum atomic E-state index is 13.8. The third-order valence-electron chi connectivity index (χ3n) is 5.32. The highest BCUT2D eigenvalue weighted by molar-refractivity contribution is 9.10. The molecule has 0 atom stereocenters. The Morgan fingerprint density at radius 3 is 1.75 bits per heavy atom. The number of halogens is 6. The molecule has 2 heterocycles. The van der Waals surface area contributed by atoms with Crippen molar-refractivity contribution in [3.8, 4) is 39.7 Å². The predicted molar refractivity (Wildman–Crippen MR) is 136 cm³/mol. The molecular weight excluding hydrogens is 604 g/mol. The standard InChI is InChI=1S/C26H14Br2F4N4/c27-18-7-1-16(2-8-18)22-13-23(17-3-9-19(28)10-4-17)36(35-22)25-33-21(14-24(34-25)26(30,31)32)15-5-11-20(29)12-6-15/h1-14H. The van der Waals surface area contributed by atoms with Crippen molar-refractivity contribution >= 4 is 31.9 Å². The number of rotatable bonds is 4. The molecule has 0 saturated heterocycles. The van der Waals surface area contributed by atoms with Gasteiger partial charge in [0.2, 0.25) is 0 Å². The first kappa shape index (κ1) is 24.3. The van der Waals surface area contributed by atoms with Crippen molar-refractivity contribution in [1.82, 2.24) is 19.7 Å². The molecule has 0 bridgehead atoms. The van der Waals surface area contributed by atoms with Crippen molar-refractivity contribution in [2.45, 2.75) is 6.18 Å². The van der Waals surface area contributed by atoms with Crippen LogP contribution in [-0.4, -0.2) is 19.7 Å². The SMILES string of the molecule is Fc1ccc(-c2cc(C(F)(F)F)nc(-n3nc(-c4ccc(Br)cc4)cc3-c3ccc(Br)cc3)n2)cc1. The fraction of sp³-hybridized carbons (Fsp3) is 0.0385. The van der Waals surface area contributed by atoms with Crippen molar-refractivity contribution in [2.24, 2.45) is 0 Å². The summed E-state index contributed by atoms with van der Waals surface area (Å²) in [5, 5.41) is 4.59. The van der Waals surface area contributed by atoms with Crippen LogP contribution in [0.2, 0.25) is 0 Å². The molecule has 36 heavy (non-hydrogen) atoms. The van der Waals surface area contributed by atoms with Crippen LogP contribution < -0.4 is 0 Å². The van der Waals surface area contributed by atoms with E-state index in [2.05, 4.69) is 46.9 Å². The third-order valence-corrected chi connectivity index (χ3v) is 6.38. The van der Waals surface area contributed by atoms with Crippen LogP contribution in [0.25, 0.3) is 39.7 Å². The van der Waals surface area contributed by atoms with E-state index in [0.29, 0.717) is 22.5 Å². The molecule has 0 unspecified atom stereocenters. The Hall–Kier alpha value is -3.37. The molecule has 5 rings (SSSR count). The molecule has 2 aromatic heterocycles. The molecule has 0 spiro atoms. The topological polar surface area (TPSA) is 43.6 Å². The van der Waals surface area contributed by atoms with E-state index in [4.69, 9.17) is 0 Å². The van der Waals surface area contributed by atoms with Crippen LogP contribution in [0.4, 0.5) is 17.6 Å². The van der Waals surface area contributed by atoms with E-state index in [-0.39, 0.29) is 11.6 Å². The summed E-state index contributed by atoms with van der Waals surface area (Å²) < 4.78 is 57.9. The van der Waals surface area contributed by atoms with Crippen LogP contribution in [0.1, 0.15) is 5.69 Å². The Kier molecular flexibility index (Phi) is 6.48. The number of hydrogen-bond acceptors (Lipinski definition) is 3. The minimum Gasteiger partial charge on any atom is -0.211 e. The molecule has 0 saturated carbocycles. The molecule has 3 aromatic carbocycles. The smallest absolute Gasteiger partial charge is 0.211 e. The maximum absolute atomic E-state index is 13.8. The van der Waals surface area contributed by atoms with Crippen molar-refractivity contribution in [1.29, 1.82) is 0 Å². The Morgan fingerprint density at radius 2 is 1.17 bits per heavy atom. The van der Waals surface area contributed by atoms with Crippen molar-refractivity contribution in [2.75, 3.05) is 0 Å². The monoisotopic (exact) mass is 616 g/mol. The summed E-state index contributed by atoms with van der Waals surface area (Å²) in [6.07, 6.45) is -4.73. The fourth-order valence-corrected chi connectivity index (χ4v) is 4.09. The van der Waals surface area contributed by atoms with Gasteiger partial charge in [-0.2, -0.15) is 23.0 Å². The van der Waals surface area contributed by atoms with Gasteiger partial charge in [-0.25, -0.2) is 14.4 Å². The number of benzene rings is 3. The zero-order valence-corrected chi connectivity index (χ0v) is 21.3. The Labute approximate surface area is 219 Å². The molecule has 180 valence electrons. The average Bonchev–Trinajstić information content (AvgIpc) is 3.30. The first-order valence-electron chi connectivity index (χ1n) is 10.5. The fourth-order valence-electron chi connectivity index (χ4n) is 3.56. The summed E-state index contributed by atoms with van der Waals surface area (Å²) in [5.74, 6) is -0.766. The van der Waals surface area contributed by atoms with E-state index in [1.54, 1.807) is 6.07 Å². The van der Waals surface area contributed by atoms with Gasteiger partial charge < -0.3 is 0 Å². The highest BCUT2D eigenvalue weighted by Crippen LogP contribution is 2.33. The Bertz CT molecular complexity index is 1530. The average molecular weight is 618 g/mol. The number of nitrogens with zero attached hydrogens (tertiary/aromatic N) is 4. The summed E-state index contributed by atoms with van der Waals surface area (Å²) >= 11 is 6.80. The predicted octanol–water partition coefficient (Wildman–Crippen LogP) is 8.35. The van der Waals surface area contributed by atoms with E-state index in [9.17, 15) is 17.6 Å². The molecule has 0 aliphatic carbocycles. The number of aromatic nitrogens is 4. The van der Waals surface area contributed by atoms with Crippen LogP contribution in [0.15, 0.2) is 93.9 Å². The van der Waals surface area contributed by atoms with Crippen LogP contribution in [0, 0.1) is 5.82 Å². The maximum Gasteiger partial charge on any atom is 0.433 e. The highest BCUT2D eigenvalue weighted by Gasteiger charge is 2.34. The molecule has 0 amide bonds. The lowest BCUT2D eigenvalue weighted by molar-refractivity contribution is -0.141. The summed E-state index contributed by atoms with van der Waals surface area (Å²) in [6.45, 7) is 0. The summed E-state index contributed by atoms with van der Waals surface area (Å²) in [6, 6.07) is 22.3. The number of hydrogen-bond donors (Lipinski definition) is 0. The van der Waals surface area contributed by atoms with Crippen molar-refractivity contribution < 1.29 is 17.6 Å². The molecular formula is C26H14Br2F4N4. The molecule has 0 aliphatic heterocycles. The Morgan fingerprint density at radius 1 is 0.639 bits per heavy atom. The second-order valence-corrected chi connectivity index (χ2v) is 9.61. The lowest BCUT2D eigenvalue weighted by Gasteiger charge is -2.12. The quantitative estimate of drug-likeness (QED) is 0.190. The van der Waals surface area contributed by atoms with E-state index < -0.39 is 17.7 Å².